The molecule has 3 aromatic rings. The molecule has 0 radical (unpaired) electrons. The second kappa shape index (κ2) is 10.7. The Morgan fingerprint density at radius 3 is 2.76 bits per heavy atom. The average Bonchev–Trinajstić information content (AvgIpc) is 3.30. The first-order valence-corrected chi connectivity index (χ1v) is 13.4. The van der Waals surface area contributed by atoms with Gasteiger partial charge in [0.05, 0.1) is 23.0 Å². The van der Waals surface area contributed by atoms with Gasteiger partial charge in [-0.15, -0.1) is 0 Å². The number of amides is 1. The Morgan fingerprint density at radius 1 is 1.29 bits per heavy atom. The van der Waals surface area contributed by atoms with Crippen LogP contribution >= 0.6 is 0 Å². The molecule has 5 N–H and O–H groups in total. The molecule has 0 spiro atoms. The number of nitrogens with one attached hydrogen (secondary N) is 2. The molecule has 2 aliphatic rings. The molecule has 10 nitrogen and oxygen atoms in total. The predicted octanol–water partition coefficient (Wildman–Crippen LogP) is 2.47. The van der Waals surface area contributed by atoms with Crippen LogP contribution in [0.3, 0.4) is 0 Å². The van der Waals surface area contributed by atoms with Crippen LogP contribution < -0.4 is 16.0 Å². The number of aldehydes is 1. The number of carbonyl (C=O) groups is 3. The fourth-order valence-electron chi connectivity index (χ4n) is 6.27. The molecule has 0 bridgehead atoms. The first kappa shape index (κ1) is 26.1. The van der Waals surface area contributed by atoms with E-state index in [-0.39, 0.29) is 6.54 Å². The number of likely N-dealkylation sites (tertiary alicyclic amines) is 1. The molecule has 2 fully saturated rings. The standard InChI is InChI=1S/C28H36N6O4/c1-30-9-8-28(17-35)7-2-10-34(16-28)27-24-20-13-19(18-5-11-33(12-6-18)15-23(36)37)3-4-22(20)32-25(24)21(14-31-27)26(29)38/h3-4,13-14,17-18,30,32H,2,5-12,15-16H2,1H3,(H2,29,38)(H,36,37). The Morgan fingerprint density at radius 2 is 2.08 bits per heavy atom. The van der Waals surface area contributed by atoms with Crippen LogP contribution in [0.25, 0.3) is 21.8 Å². The van der Waals surface area contributed by atoms with Crippen LogP contribution in [-0.4, -0.2) is 84.5 Å². The lowest BCUT2D eigenvalue weighted by Crippen LogP contribution is -2.46. The summed E-state index contributed by atoms with van der Waals surface area (Å²) in [7, 11) is 1.90. The molecule has 2 aromatic heterocycles. The SMILES string of the molecule is CNCCC1(C=O)CCCN(c2ncc(C(N)=O)c3[nH]c4ccc(C5CCN(CC(=O)O)CC5)cc4c23)C1. The Kier molecular flexibility index (Phi) is 7.36. The van der Waals surface area contributed by atoms with Crippen molar-refractivity contribution in [3.63, 3.8) is 0 Å². The maximum Gasteiger partial charge on any atom is 0.317 e. The highest BCUT2D eigenvalue weighted by atomic mass is 16.4. The lowest BCUT2D eigenvalue weighted by atomic mass is 9.78. The van der Waals surface area contributed by atoms with E-state index in [1.807, 2.05) is 18.0 Å². The van der Waals surface area contributed by atoms with Crippen LogP contribution in [0, 0.1) is 5.41 Å². The number of carbonyl (C=O) groups excluding carboxylic acids is 2. The van der Waals surface area contributed by atoms with Gasteiger partial charge in [-0.2, -0.15) is 0 Å². The molecule has 5 rings (SSSR count). The van der Waals surface area contributed by atoms with Gasteiger partial charge in [0, 0.05) is 35.6 Å². The first-order chi connectivity index (χ1) is 18.3. The summed E-state index contributed by atoms with van der Waals surface area (Å²) in [6, 6.07) is 6.34. The minimum absolute atomic E-state index is 0.0750. The number of pyridine rings is 1. The second-order valence-corrected chi connectivity index (χ2v) is 10.8. The van der Waals surface area contributed by atoms with E-state index in [0.29, 0.717) is 23.5 Å². The first-order valence-electron chi connectivity index (χ1n) is 13.4. The molecular formula is C28H36N6O4. The van der Waals surface area contributed by atoms with E-state index in [4.69, 9.17) is 15.8 Å². The number of nitrogens with two attached hydrogens (primary N) is 1. The average molecular weight is 521 g/mol. The zero-order valence-corrected chi connectivity index (χ0v) is 21.8. The maximum atomic E-state index is 12.3. The lowest BCUT2D eigenvalue weighted by Gasteiger charge is -2.40. The topological polar surface area (TPSA) is 145 Å². The zero-order chi connectivity index (χ0) is 26.9. The molecule has 0 saturated carbocycles. The van der Waals surface area contributed by atoms with Crippen LogP contribution in [0.2, 0.25) is 0 Å². The normalized spacial score (nSPS) is 21.2. The minimum atomic E-state index is -0.795. The second-order valence-electron chi connectivity index (χ2n) is 10.8. The Hall–Kier alpha value is -3.50. The summed E-state index contributed by atoms with van der Waals surface area (Å²) in [5.41, 5.74) is 8.39. The minimum Gasteiger partial charge on any atom is -0.480 e. The Labute approximate surface area is 221 Å². The molecule has 1 atom stereocenters. The van der Waals surface area contributed by atoms with E-state index < -0.39 is 17.3 Å². The molecule has 1 amide bonds. The summed E-state index contributed by atoms with van der Waals surface area (Å²) in [5, 5.41) is 14.1. The van der Waals surface area contributed by atoms with E-state index in [2.05, 4.69) is 27.3 Å². The molecule has 4 heterocycles. The molecule has 1 unspecified atom stereocenters. The number of piperidine rings is 2. The van der Waals surface area contributed by atoms with Crippen molar-refractivity contribution in [1.82, 2.24) is 20.2 Å². The smallest absolute Gasteiger partial charge is 0.317 e. The highest BCUT2D eigenvalue weighted by Gasteiger charge is 2.36. The zero-order valence-electron chi connectivity index (χ0n) is 21.8. The third kappa shape index (κ3) is 4.98. The number of anilines is 1. The third-order valence-corrected chi connectivity index (χ3v) is 8.35. The molecular weight excluding hydrogens is 484 g/mol. The van der Waals surface area contributed by atoms with Crippen LogP contribution in [0.1, 0.15) is 53.9 Å². The summed E-state index contributed by atoms with van der Waals surface area (Å²) in [6.45, 7) is 3.68. The maximum absolute atomic E-state index is 12.3. The van der Waals surface area contributed by atoms with Gasteiger partial charge in [-0.3, -0.25) is 14.5 Å². The largest absolute Gasteiger partial charge is 0.480 e. The van der Waals surface area contributed by atoms with Crippen molar-refractivity contribution in [3.05, 3.63) is 35.5 Å². The van der Waals surface area contributed by atoms with Gasteiger partial charge in [0.25, 0.3) is 5.91 Å². The van der Waals surface area contributed by atoms with Crippen LogP contribution in [-0.2, 0) is 9.59 Å². The van der Waals surface area contributed by atoms with Crippen molar-refractivity contribution in [3.8, 4) is 0 Å². The number of hydrogen-bond donors (Lipinski definition) is 4. The van der Waals surface area contributed by atoms with Gasteiger partial charge in [0.15, 0.2) is 0 Å². The number of aromatic nitrogens is 2. The molecule has 10 heteroatoms. The van der Waals surface area contributed by atoms with Crippen molar-refractivity contribution >= 4 is 45.8 Å². The van der Waals surface area contributed by atoms with E-state index in [1.165, 1.54) is 5.56 Å². The van der Waals surface area contributed by atoms with E-state index in [0.717, 1.165) is 86.7 Å². The van der Waals surface area contributed by atoms with Gasteiger partial charge in [-0.25, -0.2) is 4.98 Å². The number of hydrogen-bond acceptors (Lipinski definition) is 7. The number of aromatic amines is 1. The number of rotatable bonds is 9. The quantitative estimate of drug-likeness (QED) is 0.315. The van der Waals surface area contributed by atoms with E-state index in [1.54, 1.807) is 6.20 Å². The molecule has 0 aliphatic carbocycles. The van der Waals surface area contributed by atoms with Crippen molar-refractivity contribution in [2.75, 3.05) is 51.2 Å². The number of carboxylic acid groups (broad SMARTS) is 1. The molecule has 202 valence electrons. The molecule has 1 aromatic carbocycles. The van der Waals surface area contributed by atoms with Crippen molar-refractivity contribution in [2.45, 2.75) is 38.0 Å². The van der Waals surface area contributed by atoms with Crippen LogP contribution in [0.5, 0.6) is 0 Å². The fraction of sp³-hybridized carbons (Fsp3) is 0.500. The summed E-state index contributed by atoms with van der Waals surface area (Å²) in [4.78, 5) is 48.0. The molecule has 2 aliphatic heterocycles. The predicted molar refractivity (Wildman–Crippen MR) is 147 cm³/mol. The number of carboxylic acids is 1. The number of primary amides is 1. The number of aliphatic carboxylic acids is 1. The van der Waals surface area contributed by atoms with Gasteiger partial charge < -0.3 is 30.8 Å². The van der Waals surface area contributed by atoms with Crippen LogP contribution in [0.15, 0.2) is 24.4 Å². The summed E-state index contributed by atoms with van der Waals surface area (Å²) < 4.78 is 0. The number of H-pyrrole nitrogens is 1. The van der Waals surface area contributed by atoms with Crippen molar-refractivity contribution in [2.24, 2.45) is 11.1 Å². The highest BCUT2D eigenvalue weighted by molar-refractivity contribution is 6.18. The van der Waals surface area contributed by atoms with Gasteiger partial charge in [-0.05, 0) is 82.4 Å². The van der Waals surface area contributed by atoms with E-state index >= 15 is 0 Å². The van der Waals surface area contributed by atoms with E-state index in [9.17, 15) is 14.4 Å². The monoisotopic (exact) mass is 520 g/mol. The fourth-order valence-corrected chi connectivity index (χ4v) is 6.27. The summed E-state index contributed by atoms with van der Waals surface area (Å²) in [5.74, 6) is -0.248. The Balaban J connectivity index is 1.55. The van der Waals surface area contributed by atoms with Gasteiger partial charge in [-0.1, -0.05) is 6.07 Å². The number of benzene rings is 1. The number of fused-ring (bicyclic) bond motifs is 3. The number of nitrogens with zero attached hydrogens (tertiary/aromatic N) is 3. The summed E-state index contributed by atoms with van der Waals surface area (Å²) in [6.07, 6.45) is 6.90. The Bertz CT molecular complexity index is 1360. The summed E-state index contributed by atoms with van der Waals surface area (Å²) >= 11 is 0. The highest BCUT2D eigenvalue weighted by Crippen LogP contribution is 2.40. The lowest BCUT2D eigenvalue weighted by molar-refractivity contribution is -0.138. The molecule has 2 saturated heterocycles. The van der Waals surface area contributed by atoms with Crippen molar-refractivity contribution < 1.29 is 19.5 Å². The van der Waals surface area contributed by atoms with Gasteiger partial charge in [0.2, 0.25) is 0 Å². The van der Waals surface area contributed by atoms with Crippen LogP contribution in [0.4, 0.5) is 5.82 Å². The van der Waals surface area contributed by atoms with Crippen molar-refractivity contribution in [1.29, 1.82) is 0 Å². The van der Waals surface area contributed by atoms with Gasteiger partial charge in [0.1, 0.15) is 12.1 Å². The third-order valence-electron chi connectivity index (χ3n) is 8.35. The molecule has 38 heavy (non-hydrogen) atoms. The van der Waals surface area contributed by atoms with Gasteiger partial charge >= 0.3 is 5.97 Å².